The molecule has 0 aromatic carbocycles. The number of rotatable bonds is 10. The summed E-state index contributed by atoms with van der Waals surface area (Å²) in [5, 5.41) is 0. The molecule has 4 heterocycles. The third-order valence-electron chi connectivity index (χ3n) is 8.16. The summed E-state index contributed by atoms with van der Waals surface area (Å²) in [5.74, 6) is -0.131. The zero-order valence-electron chi connectivity index (χ0n) is 20.4. The molecule has 2 N–H and O–H groups in total. The molecule has 4 aliphatic heterocycles. The fourth-order valence-corrected chi connectivity index (χ4v) is 7.12. The molecule has 0 aliphatic carbocycles. The standard InChI is InChI=1S/C23H40N5O5S/c1-25(11-12-26-13-15-27(16-14-26)21(29)20-6-3-17-33-20)34(31,32)18-4-10-28-19-5-2-8-23(28,9-7-19)22(24)30/h2,19-20H,3-18H2,1H3,(H2,24,30)/t19-,20?,23+/m1/s1. The number of fused-ring (bicyclic) bond motifs is 2. The number of sulfonamides is 1. The summed E-state index contributed by atoms with van der Waals surface area (Å²) in [7, 11) is -1.74. The van der Waals surface area contributed by atoms with Crippen molar-refractivity contribution < 1.29 is 22.7 Å². The maximum Gasteiger partial charge on any atom is 0.251 e. The molecule has 1 radical (unpaired) electrons. The molecule has 0 spiro atoms. The highest BCUT2D eigenvalue weighted by atomic mass is 32.2. The Morgan fingerprint density at radius 1 is 1.18 bits per heavy atom. The van der Waals surface area contributed by atoms with Crippen LogP contribution in [0.3, 0.4) is 0 Å². The van der Waals surface area contributed by atoms with Crippen molar-refractivity contribution in [2.24, 2.45) is 5.73 Å². The Hall–Kier alpha value is -1.27. The lowest BCUT2D eigenvalue weighted by molar-refractivity contribution is -0.142. The molecule has 4 saturated heterocycles. The average molecular weight is 499 g/mol. The number of nitrogens with two attached hydrogens (primary N) is 1. The Bertz CT molecular complexity index is 837. The van der Waals surface area contributed by atoms with Crippen molar-refractivity contribution in [1.29, 1.82) is 0 Å². The first-order chi connectivity index (χ1) is 16.2. The van der Waals surface area contributed by atoms with Gasteiger partial charge in [0.15, 0.2) is 0 Å². The summed E-state index contributed by atoms with van der Waals surface area (Å²) in [5.41, 5.74) is 5.12. The predicted octanol–water partition coefficient (Wildman–Crippen LogP) is -0.352. The summed E-state index contributed by atoms with van der Waals surface area (Å²) in [6.07, 6.45) is 7.43. The van der Waals surface area contributed by atoms with Crippen LogP contribution in [0.5, 0.6) is 0 Å². The van der Waals surface area contributed by atoms with E-state index in [0.29, 0.717) is 58.2 Å². The van der Waals surface area contributed by atoms with Gasteiger partial charge in [-0.3, -0.25) is 19.4 Å². The Morgan fingerprint density at radius 3 is 2.62 bits per heavy atom. The van der Waals surface area contributed by atoms with Gasteiger partial charge >= 0.3 is 0 Å². The second-order valence-corrected chi connectivity index (χ2v) is 12.4. The van der Waals surface area contributed by atoms with Crippen LogP contribution in [-0.2, 0) is 24.3 Å². The molecule has 0 aromatic rings. The van der Waals surface area contributed by atoms with Gasteiger partial charge in [-0.05, 0) is 51.4 Å². The molecule has 34 heavy (non-hydrogen) atoms. The largest absolute Gasteiger partial charge is 0.368 e. The molecular formula is C23H40N5O5S. The lowest BCUT2D eigenvalue weighted by Gasteiger charge is -2.42. The molecule has 2 amide bonds. The van der Waals surface area contributed by atoms with E-state index in [-0.39, 0.29) is 23.7 Å². The van der Waals surface area contributed by atoms with Crippen molar-refractivity contribution in [1.82, 2.24) is 19.0 Å². The van der Waals surface area contributed by atoms with Gasteiger partial charge in [-0.15, -0.1) is 0 Å². The fraction of sp³-hybridized carbons (Fsp3) is 0.870. The molecule has 4 fully saturated rings. The van der Waals surface area contributed by atoms with Gasteiger partial charge < -0.3 is 15.4 Å². The normalized spacial score (nSPS) is 30.8. The first-order valence-corrected chi connectivity index (χ1v) is 14.3. The predicted molar refractivity (Wildman–Crippen MR) is 128 cm³/mol. The van der Waals surface area contributed by atoms with Crippen LogP contribution in [0, 0.1) is 6.42 Å². The number of hydrogen-bond donors (Lipinski definition) is 1. The summed E-state index contributed by atoms with van der Waals surface area (Å²) in [6.45, 7) is 5.12. The highest BCUT2D eigenvalue weighted by molar-refractivity contribution is 7.89. The topological polar surface area (TPSA) is 116 Å². The van der Waals surface area contributed by atoms with Crippen LogP contribution in [0.25, 0.3) is 0 Å². The number of piperazine rings is 1. The van der Waals surface area contributed by atoms with E-state index in [1.807, 2.05) is 4.90 Å². The number of likely N-dealkylation sites (N-methyl/N-ethyl adjacent to an activating group) is 1. The Morgan fingerprint density at radius 2 is 1.94 bits per heavy atom. The van der Waals surface area contributed by atoms with Gasteiger partial charge in [0.1, 0.15) is 11.6 Å². The van der Waals surface area contributed by atoms with Crippen molar-refractivity contribution >= 4 is 21.8 Å². The van der Waals surface area contributed by atoms with Gasteiger partial charge in [0.25, 0.3) is 5.91 Å². The van der Waals surface area contributed by atoms with Crippen molar-refractivity contribution in [2.75, 3.05) is 65.2 Å². The summed E-state index contributed by atoms with van der Waals surface area (Å²) < 4.78 is 32.7. The average Bonchev–Trinajstić information content (AvgIpc) is 3.42. The minimum Gasteiger partial charge on any atom is -0.368 e. The van der Waals surface area contributed by atoms with Crippen LogP contribution in [-0.4, -0.2) is 122 Å². The van der Waals surface area contributed by atoms with E-state index in [9.17, 15) is 18.0 Å². The SMILES string of the molecule is CN(CCN1CCN(C(=O)C2CCCO2)CC1)S(=O)(=O)CCCN1[C@@H]2C[CH]C[C@@]1(C(N)=O)CC2. The van der Waals surface area contributed by atoms with E-state index in [1.54, 1.807) is 7.05 Å². The zero-order valence-corrected chi connectivity index (χ0v) is 21.2. The van der Waals surface area contributed by atoms with Crippen LogP contribution in [0.4, 0.5) is 0 Å². The molecule has 4 aliphatic rings. The second-order valence-electron chi connectivity index (χ2n) is 10.2. The highest BCUT2D eigenvalue weighted by Gasteiger charge is 2.52. The van der Waals surface area contributed by atoms with Crippen molar-refractivity contribution in [3.8, 4) is 0 Å². The zero-order chi connectivity index (χ0) is 24.3. The maximum atomic E-state index is 12.8. The highest BCUT2D eigenvalue weighted by Crippen LogP contribution is 2.43. The van der Waals surface area contributed by atoms with Gasteiger partial charge in [-0.25, -0.2) is 12.7 Å². The van der Waals surface area contributed by atoms with Crippen molar-refractivity contribution in [3.63, 3.8) is 0 Å². The van der Waals surface area contributed by atoms with Crippen LogP contribution < -0.4 is 5.73 Å². The first kappa shape index (κ1) is 25.8. The van der Waals surface area contributed by atoms with E-state index in [1.165, 1.54) is 4.31 Å². The summed E-state index contributed by atoms with van der Waals surface area (Å²) in [6, 6.07) is 0.299. The maximum absolute atomic E-state index is 12.8. The van der Waals surface area contributed by atoms with Gasteiger partial charge in [0, 0.05) is 65.5 Å². The second kappa shape index (κ2) is 10.8. The number of carbonyl (C=O) groups excluding carboxylic acids is 2. The van der Waals surface area contributed by atoms with Crippen LogP contribution in [0.15, 0.2) is 0 Å². The van der Waals surface area contributed by atoms with Crippen molar-refractivity contribution in [2.45, 2.75) is 62.6 Å². The smallest absolute Gasteiger partial charge is 0.251 e. The number of amides is 2. The Kier molecular flexibility index (Phi) is 8.18. The van der Waals surface area contributed by atoms with E-state index in [4.69, 9.17) is 10.5 Å². The van der Waals surface area contributed by atoms with E-state index in [0.717, 1.165) is 45.2 Å². The molecule has 0 saturated carbocycles. The van der Waals surface area contributed by atoms with Crippen molar-refractivity contribution in [3.05, 3.63) is 6.42 Å². The van der Waals surface area contributed by atoms with Gasteiger partial charge in [-0.2, -0.15) is 0 Å². The summed E-state index contributed by atoms with van der Waals surface area (Å²) >= 11 is 0. The lowest BCUT2D eigenvalue weighted by atomic mass is 9.87. The lowest BCUT2D eigenvalue weighted by Crippen LogP contribution is -2.58. The first-order valence-electron chi connectivity index (χ1n) is 12.7. The Labute approximate surface area is 203 Å². The number of nitrogens with zero attached hydrogens (tertiary/aromatic N) is 4. The molecule has 2 bridgehead atoms. The molecule has 3 atom stereocenters. The van der Waals surface area contributed by atoms with E-state index >= 15 is 0 Å². The number of primary amides is 1. The van der Waals surface area contributed by atoms with Gasteiger partial charge in [-0.1, -0.05) is 0 Å². The van der Waals surface area contributed by atoms with Crippen LogP contribution in [0.2, 0.25) is 0 Å². The molecule has 10 nitrogen and oxygen atoms in total. The monoisotopic (exact) mass is 498 g/mol. The Balaban J connectivity index is 1.18. The number of ether oxygens (including phenoxy) is 1. The molecular weight excluding hydrogens is 458 g/mol. The molecule has 0 aromatic heterocycles. The third-order valence-corrected chi connectivity index (χ3v) is 10.1. The fourth-order valence-electron chi connectivity index (χ4n) is 5.96. The molecule has 1 unspecified atom stereocenters. The number of hydrogen-bond acceptors (Lipinski definition) is 7. The van der Waals surface area contributed by atoms with Gasteiger partial charge in [0.2, 0.25) is 15.9 Å². The minimum absolute atomic E-state index is 0.0644. The molecule has 11 heteroatoms. The van der Waals surface area contributed by atoms with E-state index < -0.39 is 15.6 Å². The minimum atomic E-state index is -3.38. The van der Waals surface area contributed by atoms with Crippen LogP contribution in [0.1, 0.15) is 44.9 Å². The van der Waals surface area contributed by atoms with Gasteiger partial charge in [0.05, 0.1) is 5.75 Å². The molecule has 4 rings (SSSR count). The number of piperidine rings is 1. The number of carbonyl (C=O) groups is 2. The van der Waals surface area contributed by atoms with Crippen LogP contribution >= 0.6 is 0 Å². The van der Waals surface area contributed by atoms with E-state index in [2.05, 4.69) is 16.2 Å². The summed E-state index contributed by atoms with van der Waals surface area (Å²) in [4.78, 5) is 30.9. The molecule has 193 valence electrons. The third kappa shape index (κ3) is 5.43. The quantitative estimate of drug-likeness (QED) is 0.438.